The molecule has 0 bridgehead atoms. The van der Waals surface area contributed by atoms with Crippen molar-refractivity contribution in [2.24, 2.45) is 0 Å². The molecule has 1 heterocycles. The molecule has 0 atom stereocenters. The molecule has 0 saturated heterocycles. The van der Waals surface area contributed by atoms with Crippen molar-refractivity contribution < 1.29 is 4.79 Å². The lowest BCUT2D eigenvalue weighted by atomic mass is 10.1. The minimum Gasteiger partial charge on any atom is -0.319 e. The number of nitriles is 1. The first-order chi connectivity index (χ1) is 11.6. The quantitative estimate of drug-likeness (QED) is 0.887. The van der Waals surface area contributed by atoms with Gasteiger partial charge in [0, 0.05) is 25.8 Å². The Balaban J connectivity index is 2.07. The second kappa shape index (κ2) is 8.65. The first-order valence-corrected chi connectivity index (χ1v) is 7.68. The van der Waals surface area contributed by atoms with Crippen molar-refractivity contribution in [3.05, 3.63) is 59.9 Å². The number of nitrogens with zero attached hydrogens (tertiary/aromatic N) is 4. The van der Waals surface area contributed by atoms with Gasteiger partial charge in [0.2, 0.25) is 0 Å². The average Bonchev–Trinajstić information content (AvgIpc) is 2.59. The second-order valence-corrected chi connectivity index (χ2v) is 5.71. The number of carbonyl (C=O) groups excluding carboxylic acids is 1. The van der Waals surface area contributed by atoms with Crippen molar-refractivity contribution in [1.82, 2.24) is 14.8 Å². The first kappa shape index (κ1) is 17.4. The number of rotatable bonds is 6. The highest BCUT2D eigenvalue weighted by Gasteiger charge is 2.14. The Morgan fingerprint density at radius 1 is 1.21 bits per heavy atom. The fourth-order valence-electron chi connectivity index (χ4n) is 2.12. The zero-order valence-corrected chi connectivity index (χ0v) is 13.9. The van der Waals surface area contributed by atoms with Crippen molar-refractivity contribution in [3.63, 3.8) is 0 Å². The van der Waals surface area contributed by atoms with Gasteiger partial charge in [-0.2, -0.15) is 5.26 Å². The van der Waals surface area contributed by atoms with Crippen LogP contribution in [0.25, 0.3) is 0 Å². The molecule has 0 radical (unpaired) electrons. The van der Waals surface area contributed by atoms with E-state index in [4.69, 9.17) is 5.26 Å². The smallest absolute Gasteiger partial charge is 0.319 e. The SMILES string of the molecule is CN(C)CCN(Cc1ccc(C#N)cc1)C(=O)Nc1cccnc1. The number of pyridine rings is 1. The number of aromatic nitrogens is 1. The summed E-state index contributed by atoms with van der Waals surface area (Å²) in [6, 6.07) is 12.8. The number of hydrogen-bond donors (Lipinski definition) is 1. The number of likely N-dealkylation sites (N-methyl/N-ethyl adjacent to an activating group) is 1. The summed E-state index contributed by atoms with van der Waals surface area (Å²) >= 11 is 0. The van der Waals surface area contributed by atoms with E-state index in [-0.39, 0.29) is 6.03 Å². The molecular weight excluding hydrogens is 302 g/mol. The third-order valence-electron chi connectivity index (χ3n) is 3.47. The highest BCUT2D eigenvalue weighted by molar-refractivity contribution is 5.89. The number of benzene rings is 1. The molecule has 2 rings (SSSR count). The van der Waals surface area contributed by atoms with Crippen molar-refractivity contribution in [2.45, 2.75) is 6.54 Å². The summed E-state index contributed by atoms with van der Waals surface area (Å²) in [5.41, 5.74) is 2.25. The van der Waals surface area contributed by atoms with Crippen molar-refractivity contribution in [2.75, 3.05) is 32.5 Å². The molecule has 24 heavy (non-hydrogen) atoms. The molecule has 1 aromatic heterocycles. The lowest BCUT2D eigenvalue weighted by Gasteiger charge is -2.25. The predicted octanol–water partition coefficient (Wildman–Crippen LogP) is 2.55. The molecule has 0 unspecified atom stereocenters. The fourth-order valence-corrected chi connectivity index (χ4v) is 2.12. The molecule has 0 spiro atoms. The third-order valence-corrected chi connectivity index (χ3v) is 3.47. The molecular formula is C18H21N5O. The van der Waals surface area contributed by atoms with E-state index in [0.29, 0.717) is 24.3 Å². The van der Waals surface area contributed by atoms with E-state index in [1.165, 1.54) is 0 Å². The number of urea groups is 1. The molecule has 1 aromatic carbocycles. The Morgan fingerprint density at radius 2 is 1.96 bits per heavy atom. The van der Waals surface area contributed by atoms with Crippen LogP contribution >= 0.6 is 0 Å². The summed E-state index contributed by atoms with van der Waals surface area (Å²) in [4.78, 5) is 20.3. The Hall–Kier alpha value is -2.91. The lowest BCUT2D eigenvalue weighted by Crippen LogP contribution is -2.39. The summed E-state index contributed by atoms with van der Waals surface area (Å²) in [6.07, 6.45) is 3.28. The number of amides is 2. The summed E-state index contributed by atoms with van der Waals surface area (Å²) in [6.45, 7) is 1.83. The zero-order valence-electron chi connectivity index (χ0n) is 13.9. The van der Waals surface area contributed by atoms with Gasteiger partial charge in [0.15, 0.2) is 0 Å². The van der Waals surface area contributed by atoms with Crippen molar-refractivity contribution in [3.8, 4) is 6.07 Å². The maximum atomic E-state index is 12.6. The molecule has 6 nitrogen and oxygen atoms in total. The summed E-state index contributed by atoms with van der Waals surface area (Å²) < 4.78 is 0. The van der Waals surface area contributed by atoms with E-state index in [2.05, 4.69) is 16.4 Å². The van der Waals surface area contributed by atoms with Gasteiger partial charge in [-0.15, -0.1) is 0 Å². The topological polar surface area (TPSA) is 72.3 Å². The monoisotopic (exact) mass is 323 g/mol. The number of anilines is 1. The van der Waals surface area contributed by atoms with Crippen LogP contribution in [0.5, 0.6) is 0 Å². The van der Waals surface area contributed by atoms with E-state index in [1.807, 2.05) is 31.1 Å². The maximum Gasteiger partial charge on any atom is 0.322 e. The van der Waals surface area contributed by atoms with E-state index in [1.54, 1.807) is 41.6 Å². The van der Waals surface area contributed by atoms with Crippen LogP contribution in [0.15, 0.2) is 48.8 Å². The highest BCUT2D eigenvalue weighted by atomic mass is 16.2. The molecule has 2 amide bonds. The predicted molar refractivity (Wildman–Crippen MR) is 93.4 cm³/mol. The van der Waals surface area contributed by atoms with Gasteiger partial charge in [-0.25, -0.2) is 4.79 Å². The van der Waals surface area contributed by atoms with Crippen LogP contribution in [0.1, 0.15) is 11.1 Å². The molecule has 2 aromatic rings. The van der Waals surface area contributed by atoms with Gasteiger partial charge in [0.05, 0.1) is 23.5 Å². The van der Waals surface area contributed by atoms with E-state index in [9.17, 15) is 4.79 Å². The molecule has 0 saturated carbocycles. The summed E-state index contributed by atoms with van der Waals surface area (Å²) in [7, 11) is 3.94. The van der Waals surface area contributed by atoms with Gasteiger partial charge < -0.3 is 15.1 Å². The van der Waals surface area contributed by atoms with Crippen LogP contribution < -0.4 is 5.32 Å². The number of carbonyl (C=O) groups is 1. The Labute approximate surface area is 142 Å². The Kier molecular flexibility index (Phi) is 6.29. The maximum absolute atomic E-state index is 12.6. The zero-order chi connectivity index (χ0) is 17.4. The first-order valence-electron chi connectivity index (χ1n) is 7.68. The number of nitrogens with one attached hydrogen (secondary N) is 1. The van der Waals surface area contributed by atoms with Crippen molar-refractivity contribution >= 4 is 11.7 Å². The second-order valence-electron chi connectivity index (χ2n) is 5.71. The molecule has 124 valence electrons. The minimum absolute atomic E-state index is 0.172. The van der Waals surface area contributed by atoms with Gasteiger partial charge in [-0.3, -0.25) is 4.98 Å². The molecule has 0 fully saturated rings. The molecule has 6 heteroatoms. The fraction of sp³-hybridized carbons (Fsp3) is 0.278. The van der Waals surface area contributed by atoms with E-state index in [0.717, 1.165) is 12.1 Å². The Morgan fingerprint density at radius 3 is 2.54 bits per heavy atom. The van der Waals surface area contributed by atoms with Crippen LogP contribution in [-0.2, 0) is 6.54 Å². The standard InChI is InChI=1S/C18H21N5O/c1-22(2)10-11-23(14-16-7-5-15(12-19)6-8-16)18(24)21-17-4-3-9-20-13-17/h3-9,13H,10-11,14H2,1-2H3,(H,21,24). The van der Waals surface area contributed by atoms with Gasteiger partial charge in [-0.05, 0) is 43.9 Å². The summed E-state index contributed by atoms with van der Waals surface area (Å²) in [5, 5.41) is 11.7. The van der Waals surface area contributed by atoms with Gasteiger partial charge in [-0.1, -0.05) is 12.1 Å². The van der Waals surface area contributed by atoms with Crippen molar-refractivity contribution in [1.29, 1.82) is 5.26 Å². The lowest BCUT2D eigenvalue weighted by molar-refractivity contribution is 0.202. The largest absolute Gasteiger partial charge is 0.322 e. The normalized spacial score (nSPS) is 10.2. The van der Waals surface area contributed by atoms with Crippen LogP contribution in [-0.4, -0.2) is 48.0 Å². The third kappa shape index (κ3) is 5.38. The highest BCUT2D eigenvalue weighted by Crippen LogP contribution is 2.10. The van der Waals surface area contributed by atoms with E-state index >= 15 is 0 Å². The number of hydrogen-bond acceptors (Lipinski definition) is 4. The van der Waals surface area contributed by atoms with E-state index < -0.39 is 0 Å². The van der Waals surface area contributed by atoms with Crippen LogP contribution in [0, 0.1) is 11.3 Å². The average molecular weight is 323 g/mol. The van der Waals surface area contributed by atoms with Crippen LogP contribution in [0.2, 0.25) is 0 Å². The van der Waals surface area contributed by atoms with Crippen LogP contribution in [0.4, 0.5) is 10.5 Å². The Bertz CT molecular complexity index is 692. The summed E-state index contributed by atoms with van der Waals surface area (Å²) in [5.74, 6) is 0. The molecule has 0 aliphatic heterocycles. The molecule has 0 aliphatic rings. The molecule has 0 aliphatic carbocycles. The van der Waals surface area contributed by atoms with Crippen LogP contribution in [0.3, 0.4) is 0 Å². The van der Waals surface area contributed by atoms with Gasteiger partial charge in [0.1, 0.15) is 0 Å². The minimum atomic E-state index is -0.172. The van der Waals surface area contributed by atoms with Gasteiger partial charge >= 0.3 is 6.03 Å². The van der Waals surface area contributed by atoms with Gasteiger partial charge in [0.25, 0.3) is 0 Å². The molecule has 1 N–H and O–H groups in total.